The Morgan fingerprint density at radius 3 is 2.81 bits per heavy atom. The van der Waals surface area contributed by atoms with Crippen molar-refractivity contribution in [1.29, 1.82) is 0 Å². The highest BCUT2D eigenvalue weighted by molar-refractivity contribution is 5.15. The molecule has 2 aromatic rings. The predicted molar refractivity (Wildman–Crippen MR) is 83.1 cm³/mol. The molecule has 0 amide bonds. The van der Waals surface area contributed by atoms with Gasteiger partial charge in [0, 0.05) is 32.9 Å². The van der Waals surface area contributed by atoms with Gasteiger partial charge in [-0.05, 0) is 18.9 Å². The molecule has 2 heterocycles. The first-order valence-corrected chi connectivity index (χ1v) is 7.57. The molecule has 1 aromatic carbocycles. The van der Waals surface area contributed by atoms with Gasteiger partial charge in [0.1, 0.15) is 5.82 Å². The summed E-state index contributed by atoms with van der Waals surface area (Å²) in [6, 6.07) is 10.6. The van der Waals surface area contributed by atoms with Crippen molar-refractivity contribution in [2.75, 3.05) is 19.7 Å². The van der Waals surface area contributed by atoms with Crippen molar-refractivity contribution in [3.8, 4) is 0 Å². The zero-order chi connectivity index (χ0) is 14.7. The van der Waals surface area contributed by atoms with Crippen LogP contribution in [0.15, 0.2) is 36.5 Å². The molecule has 4 nitrogen and oxygen atoms in total. The molecule has 0 bridgehead atoms. The lowest BCUT2D eigenvalue weighted by Crippen LogP contribution is -2.43. The minimum atomic E-state index is 0.287. The molecule has 0 saturated carbocycles. The van der Waals surface area contributed by atoms with Crippen LogP contribution in [0.1, 0.15) is 17.1 Å². The Morgan fingerprint density at radius 1 is 1.29 bits per heavy atom. The van der Waals surface area contributed by atoms with Crippen LogP contribution in [0.3, 0.4) is 0 Å². The highest BCUT2D eigenvalue weighted by atomic mass is 16.5. The van der Waals surface area contributed by atoms with Crippen LogP contribution >= 0.6 is 0 Å². The van der Waals surface area contributed by atoms with Crippen LogP contribution in [-0.4, -0.2) is 40.3 Å². The van der Waals surface area contributed by atoms with Gasteiger partial charge in [-0.25, -0.2) is 4.98 Å². The Hall–Kier alpha value is -1.65. The maximum Gasteiger partial charge on any atom is 0.105 e. The van der Waals surface area contributed by atoms with E-state index in [1.807, 2.05) is 13.1 Å². The Kier molecular flexibility index (Phi) is 4.36. The number of ether oxygens (including phenoxy) is 1. The minimum Gasteiger partial charge on any atom is -0.375 e. The number of rotatable bonds is 4. The SMILES string of the molecule is Cc1ncc(CN2CCOC(Cc3ccccc3)C2)n1C. The van der Waals surface area contributed by atoms with Crippen molar-refractivity contribution in [2.45, 2.75) is 26.0 Å². The molecule has 1 aromatic heterocycles. The summed E-state index contributed by atoms with van der Waals surface area (Å²) in [5.74, 6) is 1.07. The number of nitrogens with zero attached hydrogens (tertiary/aromatic N) is 3. The molecule has 4 heteroatoms. The lowest BCUT2D eigenvalue weighted by atomic mass is 10.1. The van der Waals surface area contributed by atoms with Crippen LogP contribution in [0.5, 0.6) is 0 Å². The fraction of sp³-hybridized carbons (Fsp3) is 0.471. The van der Waals surface area contributed by atoms with Crippen molar-refractivity contribution in [2.24, 2.45) is 7.05 Å². The minimum absolute atomic E-state index is 0.287. The molecule has 0 N–H and O–H groups in total. The van der Waals surface area contributed by atoms with Crippen molar-refractivity contribution in [3.63, 3.8) is 0 Å². The molecule has 21 heavy (non-hydrogen) atoms. The molecule has 1 aliphatic rings. The number of aryl methyl sites for hydroxylation is 1. The Balaban J connectivity index is 1.59. The van der Waals surface area contributed by atoms with Crippen LogP contribution in [0.25, 0.3) is 0 Å². The molecule has 1 aliphatic heterocycles. The van der Waals surface area contributed by atoms with Gasteiger partial charge < -0.3 is 9.30 Å². The Morgan fingerprint density at radius 2 is 2.10 bits per heavy atom. The maximum absolute atomic E-state index is 5.92. The van der Waals surface area contributed by atoms with Crippen molar-refractivity contribution < 1.29 is 4.74 Å². The lowest BCUT2D eigenvalue weighted by Gasteiger charge is -2.33. The first-order valence-electron chi connectivity index (χ1n) is 7.57. The van der Waals surface area contributed by atoms with Gasteiger partial charge in [-0.1, -0.05) is 30.3 Å². The van der Waals surface area contributed by atoms with E-state index in [4.69, 9.17) is 4.74 Å². The third-order valence-electron chi connectivity index (χ3n) is 4.23. The van der Waals surface area contributed by atoms with E-state index in [2.05, 4.69) is 51.8 Å². The number of morpholine rings is 1. The van der Waals surface area contributed by atoms with E-state index in [1.165, 1.54) is 11.3 Å². The Labute approximate surface area is 126 Å². The number of aromatic nitrogens is 2. The molecule has 1 atom stereocenters. The van der Waals surface area contributed by atoms with Gasteiger partial charge >= 0.3 is 0 Å². The molecule has 0 aliphatic carbocycles. The second-order valence-corrected chi connectivity index (χ2v) is 5.77. The van der Waals surface area contributed by atoms with E-state index in [1.54, 1.807) is 0 Å². The van der Waals surface area contributed by atoms with Crippen LogP contribution in [0.2, 0.25) is 0 Å². The van der Waals surface area contributed by atoms with E-state index >= 15 is 0 Å². The molecule has 1 fully saturated rings. The van der Waals surface area contributed by atoms with Crippen molar-refractivity contribution in [1.82, 2.24) is 14.5 Å². The maximum atomic E-state index is 5.92. The topological polar surface area (TPSA) is 30.3 Å². The van der Waals surface area contributed by atoms with Gasteiger partial charge in [-0.3, -0.25) is 4.90 Å². The first kappa shape index (κ1) is 14.3. The highest BCUT2D eigenvalue weighted by Gasteiger charge is 2.21. The van der Waals surface area contributed by atoms with Crippen LogP contribution in [0, 0.1) is 6.92 Å². The van der Waals surface area contributed by atoms with Gasteiger partial charge in [-0.2, -0.15) is 0 Å². The summed E-state index contributed by atoms with van der Waals surface area (Å²) in [4.78, 5) is 6.84. The van der Waals surface area contributed by atoms with Crippen LogP contribution in [0.4, 0.5) is 0 Å². The second kappa shape index (κ2) is 6.41. The average Bonchev–Trinajstić information content (AvgIpc) is 2.81. The fourth-order valence-electron chi connectivity index (χ4n) is 2.85. The van der Waals surface area contributed by atoms with Gasteiger partial charge in [0.2, 0.25) is 0 Å². The van der Waals surface area contributed by atoms with Gasteiger partial charge in [0.05, 0.1) is 18.4 Å². The molecule has 3 rings (SSSR count). The number of benzene rings is 1. The number of imidazole rings is 1. The quantitative estimate of drug-likeness (QED) is 0.862. The third kappa shape index (κ3) is 3.52. The zero-order valence-corrected chi connectivity index (χ0v) is 12.8. The summed E-state index contributed by atoms with van der Waals surface area (Å²) in [5, 5.41) is 0. The van der Waals surface area contributed by atoms with E-state index in [9.17, 15) is 0 Å². The molecule has 0 radical (unpaired) electrons. The van der Waals surface area contributed by atoms with Crippen molar-refractivity contribution >= 4 is 0 Å². The van der Waals surface area contributed by atoms with Gasteiger partial charge in [0.25, 0.3) is 0 Å². The molecule has 0 spiro atoms. The molecule has 1 saturated heterocycles. The summed E-state index contributed by atoms with van der Waals surface area (Å²) in [6.07, 6.45) is 3.26. The molecule has 112 valence electrons. The van der Waals surface area contributed by atoms with Crippen LogP contribution in [-0.2, 0) is 24.8 Å². The van der Waals surface area contributed by atoms with Crippen LogP contribution < -0.4 is 0 Å². The summed E-state index contributed by atoms with van der Waals surface area (Å²) in [7, 11) is 2.08. The van der Waals surface area contributed by atoms with E-state index < -0.39 is 0 Å². The summed E-state index contributed by atoms with van der Waals surface area (Å²) >= 11 is 0. The average molecular weight is 285 g/mol. The van der Waals surface area contributed by atoms with E-state index in [0.717, 1.165) is 38.5 Å². The normalized spacial score (nSPS) is 19.8. The standard InChI is InChI=1S/C17H23N3O/c1-14-18-11-16(19(14)2)12-20-8-9-21-17(13-20)10-15-6-4-3-5-7-15/h3-7,11,17H,8-10,12-13H2,1-2H3. The molecular formula is C17H23N3O. The van der Waals surface area contributed by atoms with Gasteiger partial charge in [0.15, 0.2) is 0 Å². The second-order valence-electron chi connectivity index (χ2n) is 5.77. The van der Waals surface area contributed by atoms with E-state index in [-0.39, 0.29) is 6.10 Å². The molecule has 1 unspecified atom stereocenters. The molecular weight excluding hydrogens is 262 g/mol. The van der Waals surface area contributed by atoms with E-state index in [0.29, 0.717) is 0 Å². The largest absolute Gasteiger partial charge is 0.375 e. The first-order chi connectivity index (χ1) is 10.2. The third-order valence-corrected chi connectivity index (χ3v) is 4.23. The summed E-state index contributed by atoms with van der Waals surface area (Å²) < 4.78 is 8.09. The highest BCUT2D eigenvalue weighted by Crippen LogP contribution is 2.14. The van der Waals surface area contributed by atoms with Gasteiger partial charge in [-0.15, -0.1) is 0 Å². The fourth-order valence-corrected chi connectivity index (χ4v) is 2.85. The smallest absolute Gasteiger partial charge is 0.105 e. The van der Waals surface area contributed by atoms with Crippen molar-refractivity contribution in [3.05, 3.63) is 53.6 Å². The lowest BCUT2D eigenvalue weighted by molar-refractivity contribution is -0.0310. The summed E-state index contributed by atoms with van der Waals surface area (Å²) in [6.45, 7) is 5.79. The Bertz CT molecular complexity index is 579. The number of hydrogen-bond acceptors (Lipinski definition) is 3. The monoisotopic (exact) mass is 285 g/mol. The summed E-state index contributed by atoms with van der Waals surface area (Å²) in [5.41, 5.74) is 2.62. The number of hydrogen-bond donors (Lipinski definition) is 0. The predicted octanol–water partition coefficient (Wildman–Crippen LogP) is 2.17. The zero-order valence-electron chi connectivity index (χ0n) is 12.8.